The molecule has 8 heteroatoms. The van der Waals surface area contributed by atoms with Crippen LogP contribution in [-0.2, 0) is 13.0 Å². The molecule has 0 saturated carbocycles. The summed E-state index contributed by atoms with van der Waals surface area (Å²) >= 11 is 0. The minimum absolute atomic E-state index is 0.172. The lowest BCUT2D eigenvalue weighted by Gasteiger charge is -2.14. The Balaban J connectivity index is 1.26. The highest BCUT2D eigenvalue weighted by Crippen LogP contribution is 2.38. The van der Waals surface area contributed by atoms with E-state index in [0.29, 0.717) is 36.0 Å². The Morgan fingerprint density at radius 1 is 0.854 bits per heavy atom. The Labute approximate surface area is 242 Å². The molecule has 1 heterocycles. The van der Waals surface area contributed by atoms with E-state index >= 15 is 0 Å². The zero-order chi connectivity index (χ0) is 29.2. The van der Waals surface area contributed by atoms with Gasteiger partial charge in [-0.2, -0.15) is 0 Å². The summed E-state index contributed by atoms with van der Waals surface area (Å²) in [6, 6.07) is 17.9. The predicted octanol–water partition coefficient (Wildman–Crippen LogP) is 6.29. The van der Waals surface area contributed by atoms with Crippen molar-refractivity contribution in [3.63, 3.8) is 0 Å². The highest BCUT2D eigenvalue weighted by Gasteiger charge is 2.17. The first kappa shape index (κ1) is 29.8. The van der Waals surface area contributed by atoms with Gasteiger partial charge in [0.25, 0.3) is 5.91 Å². The molecule has 0 fully saturated rings. The van der Waals surface area contributed by atoms with Gasteiger partial charge in [0.05, 0.1) is 39.0 Å². The van der Waals surface area contributed by atoms with Crippen molar-refractivity contribution in [1.82, 2.24) is 14.9 Å². The van der Waals surface area contributed by atoms with Crippen molar-refractivity contribution < 1.29 is 23.7 Å². The predicted molar refractivity (Wildman–Crippen MR) is 162 cm³/mol. The zero-order valence-corrected chi connectivity index (χ0v) is 24.8. The molecular weight excluding hydrogens is 518 g/mol. The summed E-state index contributed by atoms with van der Waals surface area (Å²) in [5.41, 5.74) is 5.06. The normalized spacial score (nSPS) is 11.0. The lowest BCUT2D eigenvalue weighted by Crippen LogP contribution is -2.24. The molecule has 0 aliphatic carbocycles. The van der Waals surface area contributed by atoms with Crippen molar-refractivity contribution in [1.29, 1.82) is 0 Å². The van der Waals surface area contributed by atoms with Crippen LogP contribution < -0.4 is 24.3 Å². The Morgan fingerprint density at radius 2 is 1.61 bits per heavy atom. The quantitative estimate of drug-likeness (QED) is 0.172. The van der Waals surface area contributed by atoms with Gasteiger partial charge in [-0.25, -0.2) is 4.98 Å². The number of aromatic nitrogens is 2. The fraction of sp³-hybridized carbons (Fsp3) is 0.394. The molecule has 0 aliphatic rings. The highest BCUT2D eigenvalue weighted by atomic mass is 16.5. The second-order valence-electron chi connectivity index (χ2n) is 10.1. The molecule has 0 unspecified atom stereocenters. The smallest absolute Gasteiger partial charge is 0.251 e. The number of fused-ring (bicyclic) bond motifs is 1. The molecule has 41 heavy (non-hydrogen) atoms. The molecule has 3 aromatic carbocycles. The van der Waals surface area contributed by atoms with E-state index in [4.69, 9.17) is 23.9 Å². The van der Waals surface area contributed by atoms with Gasteiger partial charge in [-0.1, -0.05) is 36.2 Å². The maximum atomic E-state index is 12.7. The summed E-state index contributed by atoms with van der Waals surface area (Å²) in [7, 11) is 4.61. The fourth-order valence-electron chi connectivity index (χ4n) is 5.03. The van der Waals surface area contributed by atoms with E-state index in [1.165, 1.54) is 32.5 Å². The van der Waals surface area contributed by atoms with Crippen LogP contribution >= 0.6 is 0 Å². The van der Waals surface area contributed by atoms with E-state index in [0.717, 1.165) is 61.3 Å². The van der Waals surface area contributed by atoms with Crippen LogP contribution in [0.2, 0.25) is 0 Å². The average molecular weight is 560 g/mol. The number of carbonyl (C=O) groups excluding carboxylic acids is 1. The van der Waals surface area contributed by atoms with Gasteiger partial charge in [0.2, 0.25) is 5.75 Å². The van der Waals surface area contributed by atoms with Crippen LogP contribution in [0.1, 0.15) is 53.0 Å². The Kier molecular flexibility index (Phi) is 10.5. The maximum absolute atomic E-state index is 12.7. The minimum Gasteiger partial charge on any atom is -0.493 e. The lowest BCUT2D eigenvalue weighted by molar-refractivity contribution is 0.0952. The van der Waals surface area contributed by atoms with Gasteiger partial charge in [0.1, 0.15) is 11.6 Å². The fourth-order valence-corrected chi connectivity index (χ4v) is 5.03. The number of para-hydroxylation sites is 2. The number of ether oxygens (including phenoxy) is 4. The molecule has 0 aliphatic heterocycles. The molecule has 1 amide bonds. The van der Waals surface area contributed by atoms with Crippen LogP contribution in [0.5, 0.6) is 23.0 Å². The molecule has 4 rings (SSSR count). The topological polar surface area (TPSA) is 83.8 Å². The molecule has 0 saturated heterocycles. The summed E-state index contributed by atoms with van der Waals surface area (Å²) in [6.07, 6.45) is 4.62. The highest BCUT2D eigenvalue weighted by molar-refractivity contribution is 5.95. The molecule has 1 N–H and O–H groups in total. The molecule has 218 valence electrons. The van der Waals surface area contributed by atoms with Gasteiger partial charge in [-0.3, -0.25) is 4.79 Å². The number of unbranched alkanes of at least 4 members (excludes halogenated alkanes) is 2. The van der Waals surface area contributed by atoms with Crippen molar-refractivity contribution in [3.8, 4) is 23.0 Å². The van der Waals surface area contributed by atoms with E-state index in [-0.39, 0.29) is 5.91 Å². The van der Waals surface area contributed by atoms with Crippen LogP contribution in [0, 0.1) is 13.8 Å². The average Bonchev–Trinajstić information content (AvgIpc) is 3.34. The molecule has 0 radical (unpaired) electrons. The number of methoxy groups -OCH3 is 3. The zero-order valence-electron chi connectivity index (χ0n) is 24.8. The van der Waals surface area contributed by atoms with Crippen molar-refractivity contribution in [2.45, 2.75) is 52.5 Å². The first-order chi connectivity index (χ1) is 19.9. The van der Waals surface area contributed by atoms with Crippen LogP contribution in [0.3, 0.4) is 0 Å². The first-order valence-electron chi connectivity index (χ1n) is 14.2. The second kappa shape index (κ2) is 14.4. The summed E-state index contributed by atoms with van der Waals surface area (Å²) in [6.45, 7) is 6.27. The Bertz CT molecular complexity index is 1440. The van der Waals surface area contributed by atoms with Crippen LogP contribution in [0.4, 0.5) is 0 Å². The van der Waals surface area contributed by atoms with E-state index in [2.05, 4.69) is 60.1 Å². The van der Waals surface area contributed by atoms with Crippen molar-refractivity contribution in [2.24, 2.45) is 0 Å². The number of hydrogen-bond donors (Lipinski definition) is 1. The van der Waals surface area contributed by atoms with Crippen LogP contribution in [0.15, 0.2) is 54.6 Å². The number of rotatable bonds is 15. The number of benzene rings is 3. The summed E-state index contributed by atoms with van der Waals surface area (Å²) in [4.78, 5) is 17.7. The van der Waals surface area contributed by atoms with Gasteiger partial charge in [0, 0.05) is 25.1 Å². The standard InChI is InChI=1S/C33H41N3O5/c1-23-15-16-28(24(2)20-23)41-19-11-18-36-27-13-9-8-12-26(27)35-31(36)14-7-6-10-17-34-33(37)25-21-29(38-3)32(40-5)30(22-25)39-4/h8-9,12-13,15-16,20-22H,6-7,10-11,14,17-19H2,1-5H3,(H,34,37). The molecule has 0 bridgehead atoms. The third kappa shape index (κ3) is 7.51. The molecule has 0 spiro atoms. The van der Waals surface area contributed by atoms with Gasteiger partial charge in [-0.05, 0) is 69.0 Å². The summed E-state index contributed by atoms with van der Waals surface area (Å²) < 4.78 is 24.5. The number of hydrogen-bond acceptors (Lipinski definition) is 6. The maximum Gasteiger partial charge on any atom is 0.251 e. The third-order valence-electron chi connectivity index (χ3n) is 7.14. The van der Waals surface area contributed by atoms with Gasteiger partial charge in [0.15, 0.2) is 11.5 Å². The lowest BCUT2D eigenvalue weighted by atomic mass is 10.1. The molecule has 8 nitrogen and oxygen atoms in total. The number of aryl methyl sites for hydroxylation is 4. The van der Waals surface area contributed by atoms with Gasteiger partial charge < -0.3 is 28.8 Å². The number of carbonyl (C=O) groups is 1. The third-order valence-corrected chi connectivity index (χ3v) is 7.14. The molecule has 1 aromatic heterocycles. The van der Waals surface area contributed by atoms with Crippen molar-refractivity contribution in [3.05, 3.63) is 77.1 Å². The molecule has 0 atom stereocenters. The van der Waals surface area contributed by atoms with Gasteiger partial charge in [-0.15, -0.1) is 0 Å². The largest absolute Gasteiger partial charge is 0.493 e. The van der Waals surface area contributed by atoms with E-state index in [1.807, 2.05) is 6.07 Å². The van der Waals surface area contributed by atoms with Crippen LogP contribution in [0.25, 0.3) is 11.0 Å². The molecule has 4 aromatic rings. The minimum atomic E-state index is -0.172. The number of amides is 1. The van der Waals surface area contributed by atoms with E-state index in [1.54, 1.807) is 12.1 Å². The van der Waals surface area contributed by atoms with E-state index < -0.39 is 0 Å². The SMILES string of the molecule is COc1cc(C(=O)NCCCCCc2nc3ccccc3n2CCCOc2ccc(C)cc2C)cc(OC)c1OC. The first-order valence-corrected chi connectivity index (χ1v) is 14.2. The monoisotopic (exact) mass is 559 g/mol. The number of nitrogens with one attached hydrogen (secondary N) is 1. The van der Waals surface area contributed by atoms with Gasteiger partial charge >= 0.3 is 0 Å². The summed E-state index contributed by atoms with van der Waals surface area (Å²) in [5.74, 6) is 3.25. The summed E-state index contributed by atoms with van der Waals surface area (Å²) in [5, 5.41) is 3.00. The number of nitrogens with zero attached hydrogens (tertiary/aromatic N) is 2. The Morgan fingerprint density at radius 3 is 2.32 bits per heavy atom. The van der Waals surface area contributed by atoms with Crippen molar-refractivity contribution in [2.75, 3.05) is 34.5 Å². The van der Waals surface area contributed by atoms with Crippen molar-refractivity contribution >= 4 is 16.9 Å². The van der Waals surface area contributed by atoms with Crippen LogP contribution in [-0.4, -0.2) is 49.9 Å². The Hall–Kier alpha value is -4.20. The van der Waals surface area contributed by atoms with E-state index in [9.17, 15) is 4.79 Å². The second-order valence-corrected chi connectivity index (χ2v) is 10.1. The molecular formula is C33H41N3O5. The number of imidazole rings is 1.